The van der Waals surface area contributed by atoms with Gasteiger partial charge < -0.3 is 0 Å². The molecule has 0 aliphatic rings. The van der Waals surface area contributed by atoms with Gasteiger partial charge in [-0.1, -0.05) is 0 Å². The van der Waals surface area contributed by atoms with E-state index in [0.717, 1.165) is 0 Å². The van der Waals surface area contributed by atoms with Crippen LogP contribution in [0.3, 0.4) is 0 Å². The maximum absolute atomic E-state index is 8.65. The summed E-state index contributed by atoms with van der Waals surface area (Å²) < 4.78 is 104. The molecule has 0 spiro atoms. The molecule has 0 bridgehead atoms. The first kappa shape index (κ1) is 31.6. The van der Waals surface area contributed by atoms with E-state index in [4.69, 9.17) is 42.9 Å². The van der Waals surface area contributed by atoms with Gasteiger partial charge in [0, 0.05) is 0 Å². The van der Waals surface area contributed by atoms with Gasteiger partial charge in [0.2, 0.25) is 0 Å². The molecule has 0 heterocycles. The van der Waals surface area contributed by atoms with Crippen LogP contribution in [0, 0.1) is 0 Å². The van der Waals surface area contributed by atoms with Crippen LogP contribution in [0.4, 0.5) is 0 Å². The monoisotopic (exact) mass is 858 g/mol. The van der Waals surface area contributed by atoms with E-state index in [1.807, 2.05) is 0 Å². The predicted molar refractivity (Wildman–Crippen MR) is 9.87 cm³/mol. The minimum absolute atomic E-state index is 0. The van der Waals surface area contributed by atoms with E-state index < -0.39 is 50.2 Å². The van der Waals surface area contributed by atoms with E-state index in [1.165, 1.54) is 0 Å². The van der Waals surface area contributed by atoms with Gasteiger partial charge in [0.15, 0.2) is 0 Å². The molecule has 0 saturated carbocycles. The van der Waals surface area contributed by atoms with Crippen LogP contribution in [0.2, 0.25) is 0 Å². The molecular formula is MgO12W3Zr. The molecule has 0 aliphatic carbocycles. The molecule has 0 atom stereocenters. The quantitative estimate of drug-likeness (QED) is 0.207. The van der Waals surface area contributed by atoms with Crippen molar-refractivity contribution in [1.29, 1.82) is 0 Å². The second-order valence-corrected chi connectivity index (χ2v) is 10.0. The fraction of sp³-hybridized carbons (Fsp3) is 0. The van der Waals surface area contributed by atoms with E-state index in [9.17, 15) is 0 Å². The molecule has 0 N–H and O–H groups in total. The predicted octanol–water partition coefficient (Wildman–Crippen LogP) is -8.24. The van der Waals surface area contributed by atoms with Gasteiger partial charge in [0.25, 0.3) is 0 Å². The molecule has 0 aromatic carbocycles. The van der Waals surface area contributed by atoms with Crippen LogP contribution < -0.4 is 22.6 Å². The summed E-state index contributed by atoms with van der Waals surface area (Å²) in [5.41, 5.74) is 0. The van der Waals surface area contributed by atoms with Gasteiger partial charge in [-0.05, 0) is 0 Å². The van der Waals surface area contributed by atoms with Crippen LogP contribution in [0.1, 0.15) is 0 Å². The molecule has 0 amide bonds. The van der Waals surface area contributed by atoms with Gasteiger partial charge in [-0.15, -0.1) is 0 Å². The third-order valence-corrected chi connectivity index (χ3v) is 0. The van der Waals surface area contributed by atoms with Crippen molar-refractivity contribution in [2.24, 2.45) is 0 Å². The summed E-state index contributed by atoms with van der Waals surface area (Å²) in [6, 6.07) is 0. The van der Waals surface area contributed by atoms with Gasteiger partial charge in [0.05, 0.1) is 0 Å². The molecule has 0 unspecified atom stereocenters. The Morgan fingerprint density at radius 2 is 0.471 bits per heavy atom. The van der Waals surface area contributed by atoms with Gasteiger partial charge in [-0.3, -0.25) is 0 Å². The van der Waals surface area contributed by atoms with E-state index in [-0.39, 0.29) is 49.3 Å². The Hall–Kier alpha value is 2.27. The Kier molecular flexibility index (Phi) is 24.7. The zero-order valence-corrected chi connectivity index (χ0v) is 20.0. The average molecular weight is 859 g/mol. The van der Waals surface area contributed by atoms with Crippen molar-refractivity contribution in [3.8, 4) is 0 Å². The first-order chi connectivity index (χ1) is 6.00. The molecule has 0 radical (unpaired) electrons. The molecule has 0 fully saturated rings. The van der Waals surface area contributed by atoms with Crippen molar-refractivity contribution in [3.05, 3.63) is 0 Å². The first-order valence-electron chi connectivity index (χ1n) is 2.00. The van der Waals surface area contributed by atoms with Crippen molar-refractivity contribution in [3.63, 3.8) is 0 Å². The molecule has 96 valence electrons. The molecule has 17 heteroatoms. The van der Waals surface area contributed by atoms with Gasteiger partial charge in [0.1, 0.15) is 0 Å². The minimum Gasteiger partial charge on any atom is 4.00 e. The zero-order valence-electron chi connectivity index (χ0n) is 7.33. The maximum Gasteiger partial charge on any atom is 4.00 e. The Morgan fingerprint density at radius 1 is 0.471 bits per heavy atom. The summed E-state index contributed by atoms with van der Waals surface area (Å²) in [5, 5.41) is 0. The van der Waals surface area contributed by atoms with Crippen molar-refractivity contribution in [2.45, 2.75) is 0 Å². The van der Waals surface area contributed by atoms with Gasteiger partial charge in [-0.2, -0.15) is 0 Å². The van der Waals surface area contributed by atoms with Crippen LogP contribution in [0.15, 0.2) is 0 Å². The summed E-state index contributed by atoms with van der Waals surface area (Å²) in [7, 11) is 0. The summed E-state index contributed by atoms with van der Waals surface area (Å²) in [4.78, 5) is 0. The molecule has 0 aromatic rings. The number of hydrogen-bond donors (Lipinski definition) is 0. The molecule has 17 heavy (non-hydrogen) atoms. The summed E-state index contributed by atoms with van der Waals surface area (Å²) in [6.45, 7) is 0. The topological polar surface area (TPSA) is 241 Å². The van der Waals surface area contributed by atoms with Crippen LogP contribution in [0.5, 0.6) is 0 Å². The smallest absolute Gasteiger partial charge is 4.00 e. The van der Waals surface area contributed by atoms with Gasteiger partial charge in [-0.25, -0.2) is 0 Å². The molecule has 0 aliphatic heterocycles. The van der Waals surface area contributed by atoms with E-state index >= 15 is 0 Å². The SMILES string of the molecule is [Mg+2].[O]=[W](=[O])([O-])[O-].[O]=[W](=[O])([O-])[O-].[O]=[W](=[O])([O-])[O-].[Zr+4]. The van der Waals surface area contributed by atoms with Gasteiger partial charge >= 0.3 is 142 Å². The molecule has 0 aromatic heterocycles. The molecule has 0 rings (SSSR count). The van der Waals surface area contributed by atoms with E-state index in [1.54, 1.807) is 0 Å². The summed E-state index contributed by atoms with van der Waals surface area (Å²) >= 11 is -18.5. The fourth-order valence-electron chi connectivity index (χ4n) is 0. The van der Waals surface area contributed by atoms with E-state index in [2.05, 4.69) is 0 Å². The van der Waals surface area contributed by atoms with E-state index in [0.29, 0.717) is 0 Å². The minimum atomic E-state index is -6.17. The number of rotatable bonds is 0. The normalized spacial score (nSPS) is 10.2. The standard InChI is InChI=1S/Mg.12O.3W.Zr/q+2;;;;;;;6*-1;;;;+4. The van der Waals surface area contributed by atoms with Crippen molar-refractivity contribution >= 4 is 23.1 Å². The molecule has 0 saturated heterocycles. The average Bonchev–Trinajstić information content (AvgIpc) is 1.41. The molecular weight excluding hydrogens is 859 g/mol. The number of hydrogen-bond acceptors (Lipinski definition) is 12. The molecule has 12 nitrogen and oxygen atoms in total. The Labute approximate surface area is 140 Å². The largest absolute Gasteiger partial charge is 4.00 e. The third-order valence-electron chi connectivity index (χ3n) is 0. The van der Waals surface area contributed by atoms with Crippen molar-refractivity contribution < 1.29 is 119 Å². The van der Waals surface area contributed by atoms with Crippen LogP contribution >= 0.6 is 0 Å². The second kappa shape index (κ2) is 13.3. The zero-order chi connectivity index (χ0) is 13.5. The Morgan fingerprint density at radius 3 is 0.471 bits per heavy atom. The van der Waals surface area contributed by atoms with Crippen LogP contribution in [-0.2, 0) is 96.8 Å². The third kappa shape index (κ3) is 936. The first-order valence-corrected chi connectivity index (χ1v) is 16.4. The maximum atomic E-state index is 8.65. The Bertz CT molecular complexity index is 343. The van der Waals surface area contributed by atoms with Crippen LogP contribution in [-0.4, -0.2) is 23.1 Å². The Balaban J connectivity index is -0.0000000400. The van der Waals surface area contributed by atoms with Crippen LogP contribution in [0.25, 0.3) is 0 Å². The fourth-order valence-corrected chi connectivity index (χ4v) is 0. The second-order valence-electron chi connectivity index (χ2n) is 1.22. The van der Waals surface area contributed by atoms with Crippen molar-refractivity contribution in [2.75, 3.05) is 0 Å². The summed E-state index contributed by atoms with van der Waals surface area (Å²) in [5.74, 6) is 0. The van der Waals surface area contributed by atoms with Crippen molar-refractivity contribution in [1.82, 2.24) is 0 Å². The summed E-state index contributed by atoms with van der Waals surface area (Å²) in [6.07, 6.45) is 0.